The van der Waals surface area contributed by atoms with Gasteiger partial charge in [0.25, 0.3) is 5.91 Å². The number of ether oxygens (including phenoxy) is 2. The number of methoxy groups -OCH3 is 2. The first kappa shape index (κ1) is 17.3. The molecular weight excluding hydrogens is 336 g/mol. The Kier molecular flexibility index (Phi) is 5.02. The number of nitrogens with zero attached hydrogens (tertiary/aromatic N) is 3. The number of phenolic OH excluding ortho intramolecular Hbond substituents is 1. The zero-order valence-electron chi connectivity index (χ0n) is 14.3. The summed E-state index contributed by atoms with van der Waals surface area (Å²) in [6, 6.07) is 10.7. The Hall–Kier alpha value is -3.55. The zero-order valence-corrected chi connectivity index (χ0v) is 14.3. The molecule has 2 N–H and O–H groups in total. The molecule has 0 saturated carbocycles. The average Bonchev–Trinajstić information content (AvgIpc) is 3.05. The van der Waals surface area contributed by atoms with Crippen molar-refractivity contribution in [2.45, 2.75) is 6.54 Å². The molecule has 26 heavy (non-hydrogen) atoms. The molecule has 0 radical (unpaired) electrons. The number of benzene rings is 2. The highest BCUT2D eigenvalue weighted by Crippen LogP contribution is 2.36. The lowest BCUT2D eigenvalue weighted by atomic mass is 10.2. The molecule has 0 atom stereocenters. The van der Waals surface area contributed by atoms with Crippen molar-refractivity contribution in [2.24, 2.45) is 5.10 Å². The fourth-order valence-electron chi connectivity index (χ4n) is 2.49. The fraction of sp³-hybridized carbons (Fsp3) is 0.167. The van der Waals surface area contributed by atoms with Crippen LogP contribution in [0.4, 0.5) is 0 Å². The number of hydrogen-bond acceptors (Lipinski definition) is 6. The number of nitrogens with one attached hydrogen (secondary N) is 1. The molecule has 0 aliphatic rings. The number of rotatable bonds is 6. The number of hydrogen-bond donors (Lipinski definition) is 2. The minimum Gasteiger partial charge on any atom is -0.502 e. The minimum absolute atomic E-state index is 0.0943. The Morgan fingerprint density at radius 3 is 2.65 bits per heavy atom. The summed E-state index contributed by atoms with van der Waals surface area (Å²) in [6.07, 6.45) is 3.05. The van der Waals surface area contributed by atoms with Crippen molar-refractivity contribution in [3.05, 3.63) is 48.3 Å². The lowest BCUT2D eigenvalue weighted by Gasteiger charge is -2.09. The lowest BCUT2D eigenvalue weighted by Crippen LogP contribution is -2.22. The van der Waals surface area contributed by atoms with Crippen LogP contribution in [0, 0.1) is 0 Å². The highest BCUT2D eigenvalue weighted by Gasteiger charge is 2.10. The number of phenols is 1. The van der Waals surface area contributed by atoms with Gasteiger partial charge in [0.05, 0.1) is 37.8 Å². The van der Waals surface area contributed by atoms with Gasteiger partial charge in [-0.2, -0.15) is 5.10 Å². The summed E-state index contributed by atoms with van der Waals surface area (Å²) in [7, 11) is 2.87. The van der Waals surface area contributed by atoms with Gasteiger partial charge in [0, 0.05) is 5.56 Å². The van der Waals surface area contributed by atoms with Gasteiger partial charge >= 0.3 is 0 Å². The van der Waals surface area contributed by atoms with Gasteiger partial charge in [0.15, 0.2) is 11.5 Å². The summed E-state index contributed by atoms with van der Waals surface area (Å²) in [5.41, 5.74) is 4.76. The molecular formula is C18H18N4O4. The summed E-state index contributed by atoms with van der Waals surface area (Å²) in [5.74, 6) is 0.120. The van der Waals surface area contributed by atoms with Gasteiger partial charge in [0.1, 0.15) is 6.54 Å². The summed E-state index contributed by atoms with van der Waals surface area (Å²) in [6.45, 7) is 0.0973. The molecule has 1 amide bonds. The maximum absolute atomic E-state index is 12.1. The Morgan fingerprint density at radius 1 is 1.27 bits per heavy atom. The normalized spacial score (nSPS) is 11.0. The van der Waals surface area contributed by atoms with E-state index in [4.69, 9.17) is 9.47 Å². The van der Waals surface area contributed by atoms with Crippen LogP contribution in [0.15, 0.2) is 47.8 Å². The molecule has 0 aliphatic heterocycles. The number of carbonyl (C=O) groups excluding carboxylic acids is 1. The molecule has 1 heterocycles. The van der Waals surface area contributed by atoms with E-state index in [0.717, 1.165) is 11.0 Å². The van der Waals surface area contributed by atoms with Gasteiger partial charge < -0.3 is 19.1 Å². The second-order valence-corrected chi connectivity index (χ2v) is 5.43. The number of amides is 1. The summed E-state index contributed by atoms with van der Waals surface area (Å²) in [4.78, 5) is 16.3. The lowest BCUT2D eigenvalue weighted by molar-refractivity contribution is -0.121. The number of carbonyl (C=O) groups is 1. The predicted molar refractivity (Wildman–Crippen MR) is 96.7 cm³/mol. The van der Waals surface area contributed by atoms with E-state index in [1.165, 1.54) is 20.4 Å². The molecule has 0 bridgehead atoms. The van der Waals surface area contributed by atoms with E-state index in [9.17, 15) is 9.90 Å². The molecule has 0 saturated heterocycles. The van der Waals surface area contributed by atoms with Gasteiger partial charge in [0.2, 0.25) is 5.75 Å². The van der Waals surface area contributed by atoms with Gasteiger partial charge in [-0.05, 0) is 24.3 Å². The Balaban J connectivity index is 1.67. The van der Waals surface area contributed by atoms with Crippen molar-refractivity contribution < 1.29 is 19.4 Å². The minimum atomic E-state index is -0.290. The van der Waals surface area contributed by atoms with Crippen molar-refractivity contribution in [3.63, 3.8) is 0 Å². The topological polar surface area (TPSA) is 98.0 Å². The molecule has 3 aromatic rings. The van der Waals surface area contributed by atoms with Crippen molar-refractivity contribution in [1.82, 2.24) is 15.0 Å². The molecule has 0 fully saturated rings. The largest absolute Gasteiger partial charge is 0.502 e. The van der Waals surface area contributed by atoms with Crippen LogP contribution in [0.25, 0.3) is 11.0 Å². The number of aromatic nitrogens is 2. The first-order valence-corrected chi connectivity index (χ1v) is 7.79. The molecule has 0 aliphatic carbocycles. The maximum Gasteiger partial charge on any atom is 0.260 e. The number of para-hydroxylation sites is 2. The van der Waals surface area contributed by atoms with Gasteiger partial charge in [-0.15, -0.1) is 0 Å². The highest BCUT2D eigenvalue weighted by atomic mass is 16.5. The van der Waals surface area contributed by atoms with Crippen molar-refractivity contribution >= 4 is 23.2 Å². The monoisotopic (exact) mass is 354 g/mol. The highest BCUT2D eigenvalue weighted by molar-refractivity contribution is 5.85. The summed E-state index contributed by atoms with van der Waals surface area (Å²) in [5, 5.41) is 13.8. The standard InChI is InChI=1S/C18H18N4O4/c1-25-15-7-12(8-16(26-2)18(15)24)9-20-21-17(23)10-22-11-19-13-5-3-4-6-14(13)22/h3-9,11,24H,10H2,1-2H3,(H,21,23). The van der Waals surface area contributed by atoms with Crippen LogP contribution in [-0.4, -0.2) is 41.0 Å². The zero-order chi connectivity index (χ0) is 18.5. The van der Waals surface area contributed by atoms with Crippen LogP contribution < -0.4 is 14.9 Å². The number of imidazole rings is 1. The van der Waals surface area contributed by atoms with E-state index >= 15 is 0 Å². The number of aromatic hydroxyl groups is 1. The summed E-state index contributed by atoms with van der Waals surface area (Å²) < 4.78 is 11.9. The van der Waals surface area contributed by atoms with E-state index < -0.39 is 0 Å². The van der Waals surface area contributed by atoms with Crippen LogP contribution in [0.3, 0.4) is 0 Å². The molecule has 0 unspecified atom stereocenters. The fourth-order valence-corrected chi connectivity index (χ4v) is 2.49. The SMILES string of the molecule is COc1cc(C=NNC(=O)Cn2cnc3ccccc32)cc(OC)c1O. The first-order valence-electron chi connectivity index (χ1n) is 7.79. The van der Waals surface area contributed by atoms with E-state index in [1.54, 1.807) is 23.0 Å². The molecule has 2 aromatic carbocycles. The molecule has 0 spiro atoms. The van der Waals surface area contributed by atoms with E-state index in [1.807, 2.05) is 24.3 Å². The van der Waals surface area contributed by atoms with Gasteiger partial charge in [-0.1, -0.05) is 12.1 Å². The average molecular weight is 354 g/mol. The quantitative estimate of drug-likeness (QED) is 0.520. The Morgan fingerprint density at radius 2 is 1.96 bits per heavy atom. The van der Waals surface area contributed by atoms with Crippen LogP contribution in [-0.2, 0) is 11.3 Å². The third kappa shape index (κ3) is 3.59. The maximum atomic E-state index is 12.1. The first-order chi connectivity index (χ1) is 12.6. The van der Waals surface area contributed by atoms with Crippen LogP contribution in [0.1, 0.15) is 5.56 Å². The van der Waals surface area contributed by atoms with Crippen molar-refractivity contribution in [3.8, 4) is 17.2 Å². The van der Waals surface area contributed by atoms with E-state index in [-0.39, 0.29) is 29.7 Å². The second kappa shape index (κ2) is 7.56. The second-order valence-electron chi connectivity index (χ2n) is 5.43. The molecule has 8 heteroatoms. The molecule has 8 nitrogen and oxygen atoms in total. The predicted octanol–water partition coefficient (Wildman–Crippen LogP) is 1.91. The van der Waals surface area contributed by atoms with E-state index in [0.29, 0.717) is 5.56 Å². The van der Waals surface area contributed by atoms with Crippen molar-refractivity contribution in [2.75, 3.05) is 14.2 Å². The van der Waals surface area contributed by atoms with Gasteiger partial charge in [-0.3, -0.25) is 4.79 Å². The van der Waals surface area contributed by atoms with Gasteiger partial charge in [-0.25, -0.2) is 10.4 Å². The molecule has 134 valence electrons. The smallest absolute Gasteiger partial charge is 0.260 e. The molecule has 1 aromatic heterocycles. The number of fused-ring (bicyclic) bond motifs is 1. The third-order valence-corrected chi connectivity index (χ3v) is 3.75. The van der Waals surface area contributed by atoms with Crippen molar-refractivity contribution in [1.29, 1.82) is 0 Å². The van der Waals surface area contributed by atoms with E-state index in [2.05, 4.69) is 15.5 Å². The summed E-state index contributed by atoms with van der Waals surface area (Å²) >= 11 is 0. The number of hydrazone groups is 1. The Bertz CT molecular complexity index is 940. The third-order valence-electron chi connectivity index (χ3n) is 3.75. The van der Waals surface area contributed by atoms with Crippen LogP contribution in [0.5, 0.6) is 17.2 Å². The van der Waals surface area contributed by atoms with Crippen LogP contribution >= 0.6 is 0 Å². The van der Waals surface area contributed by atoms with Crippen LogP contribution in [0.2, 0.25) is 0 Å². The Labute approximate surface area is 149 Å². The molecule has 3 rings (SSSR count).